The molecule has 1 aliphatic rings. The van der Waals surface area contributed by atoms with Gasteiger partial charge in [-0.1, -0.05) is 42.5 Å². The number of anilines is 2. The second-order valence-electron chi connectivity index (χ2n) is 10.0. The summed E-state index contributed by atoms with van der Waals surface area (Å²) in [4.78, 5) is 34.8. The van der Waals surface area contributed by atoms with Crippen LogP contribution in [0.1, 0.15) is 39.2 Å². The topological polar surface area (TPSA) is 106 Å². The van der Waals surface area contributed by atoms with Gasteiger partial charge in [-0.15, -0.1) is 0 Å². The summed E-state index contributed by atoms with van der Waals surface area (Å²) in [5.41, 5.74) is 2.46. The van der Waals surface area contributed by atoms with Crippen molar-refractivity contribution >= 4 is 34.7 Å². The molecule has 2 N–H and O–H groups in total. The van der Waals surface area contributed by atoms with E-state index in [1.807, 2.05) is 30.3 Å². The normalized spacial score (nSPS) is 13.1. The summed E-state index contributed by atoms with van der Waals surface area (Å²) in [6, 6.07) is 19.4. The monoisotopic (exact) mass is 583 g/mol. The van der Waals surface area contributed by atoms with Crippen LogP contribution in [0.2, 0.25) is 0 Å². The number of benzene rings is 3. The SMILES string of the molecule is Cc1cn(-c2cc(C(=O)Nc3cccc(C4=Nc5cnn(Cc6ccccc6)c5NC(=O)C4)c3)cc(C(F)(F)F)c2)cn1. The van der Waals surface area contributed by atoms with Gasteiger partial charge in [0.2, 0.25) is 5.91 Å². The maximum atomic E-state index is 13.7. The van der Waals surface area contributed by atoms with Gasteiger partial charge in [0.05, 0.1) is 42.5 Å². The molecule has 2 aromatic heterocycles. The predicted molar refractivity (Wildman–Crippen MR) is 155 cm³/mol. The molecule has 1 aliphatic heterocycles. The van der Waals surface area contributed by atoms with Crippen molar-refractivity contribution in [3.05, 3.63) is 119 Å². The fraction of sp³-hybridized carbons (Fsp3) is 0.129. The number of hydrogen-bond donors (Lipinski definition) is 2. The molecule has 0 radical (unpaired) electrons. The number of aryl methyl sites for hydroxylation is 1. The molecule has 0 fully saturated rings. The second kappa shape index (κ2) is 11.0. The summed E-state index contributed by atoms with van der Waals surface area (Å²) in [7, 11) is 0. The summed E-state index contributed by atoms with van der Waals surface area (Å²) in [6.07, 6.45) is -0.161. The molecule has 2 amide bonds. The minimum atomic E-state index is -4.66. The number of alkyl halides is 3. The molecule has 0 saturated carbocycles. The molecule has 0 saturated heterocycles. The van der Waals surface area contributed by atoms with E-state index in [1.165, 1.54) is 17.0 Å². The maximum Gasteiger partial charge on any atom is 0.416 e. The number of nitrogens with one attached hydrogen (secondary N) is 2. The molecule has 9 nitrogen and oxygen atoms in total. The third kappa shape index (κ3) is 6.08. The molecule has 3 heterocycles. The number of carbonyl (C=O) groups is 2. The molecule has 0 aliphatic carbocycles. The van der Waals surface area contributed by atoms with E-state index < -0.39 is 17.6 Å². The minimum Gasteiger partial charge on any atom is -0.322 e. The molecule has 6 rings (SSSR count). The van der Waals surface area contributed by atoms with Gasteiger partial charge >= 0.3 is 6.18 Å². The fourth-order valence-electron chi connectivity index (χ4n) is 4.74. The molecule has 0 unspecified atom stereocenters. The number of carbonyl (C=O) groups excluding carboxylic acids is 2. The van der Waals surface area contributed by atoms with E-state index in [2.05, 4.69) is 25.7 Å². The van der Waals surface area contributed by atoms with Gasteiger partial charge in [0, 0.05) is 23.1 Å². The quantitative estimate of drug-likeness (QED) is 0.250. The first-order valence-electron chi connectivity index (χ1n) is 13.2. The number of imidazole rings is 1. The zero-order chi connectivity index (χ0) is 30.1. The van der Waals surface area contributed by atoms with Crippen molar-refractivity contribution in [3.63, 3.8) is 0 Å². The van der Waals surface area contributed by atoms with Crippen molar-refractivity contribution in [1.82, 2.24) is 19.3 Å². The Morgan fingerprint density at radius 2 is 1.86 bits per heavy atom. The van der Waals surface area contributed by atoms with Crippen LogP contribution in [0.15, 0.2) is 96.5 Å². The molecule has 5 aromatic rings. The zero-order valence-corrected chi connectivity index (χ0v) is 22.8. The number of fused-ring (bicyclic) bond motifs is 1. The van der Waals surface area contributed by atoms with Gasteiger partial charge in [-0.25, -0.2) is 14.7 Å². The van der Waals surface area contributed by atoms with E-state index in [0.717, 1.165) is 17.7 Å². The standard InChI is InChI=1S/C31H24F3N7O2/c1-19-16-40(18-35-19)25-12-22(10-23(13-25)31(32,33)34)30(43)37-24-9-5-8-21(11-24)26-14-28(42)39-29-27(38-26)15-36-41(29)17-20-6-3-2-4-7-20/h2-13,15-16,18H,14,17H2,1H3,(H,37,43)(H,39,42). The number of nitrogens with zero attached hydrogens (tertiary/aromatic N) is 5. The van der Waals surface area contributed by atoms with Crippen LogP contribution >= 0.6 is 0 Å². The lowest BCUT2D eigenvalue weighted by molar-refractivity contribution is -0.137. The number of halogens is 3. The summed E-state index contributed by atoms with van der Waals surface area (Å²) in [5.74, 6) is -0.541. The molecular weight excluding hydrogens is 559 g/mol. The molecule has 0 bridgehead atoms. The van der Waals surface area contributed by atoms with Crippen LogP contribution < -0.4 is 10.6 Å². The minimum absolute atomic E-state index is 0.0290. The molecule has 0 atom stereocenters. The van der Waals surface area contributed by atoms with Crippen LogP contribution in [-0.2, 0) is 17.5 Å². The Hall–Kier alpha value is -5.52. The van der Waals surface area contributed by atoms with E-state index >= 15 is 0 Å². The van der Waals surface area contributed by atoms with E-state index in [1.54, 1.807) is 48.3 Å². The van der Waals surface area contributed by atoms with E-state index in [9.17, 15) is 22.8 Å². The van der Waals surface area contributed by atoms with Crippen molar-refractivity contribution in [3.8, 4) is 5.69 Å². The summed E-state index contributed by atoms with van der Waals surface area (Å²) in [6.45, 7) is 2.16. The summed E-state index contributed by atoms with van der Waals surface area (Å²) < 4.78 is 44.2. The van der Waals surface area contributed by atoms with E-state index in [0.29, 0.717) is 40.7 Å². The van der Waals surface area contributed by atoms with Crippen molar-refractivity contribution < 1.29 is 22.8 Å². The molecule has 43 heavy (non-hydrogen) atoms. The van der Waals surface area contributed by atoms with Crippen LogP contribution in [0.5, 0.6) is 0 Å². The van der Waals surface area contributed by atoms with Gasteiger partial charge in [0.1, 0.15) is 5.69 Å². The van der Waals surface area contributed by atoms with Crippen LogP contribution in [0.4, 0.5) is 30.4 Å². The molecule has 0 spiro atoms. The smallest absolute Gasteiger partial charge is 0.322 e. The fourth-order valence-corrected chi connectivity index (χ4v) is 4.74. The predicted octanol–water partition coefficient (Wildman–Crippen LogP) is 6.16. The van der Waals surface area contributed by atoms with Gasteiger partial charge in [-0.3, -0.25) is 9.59 Å². The number of aliphatic imine (C=N–C) groups is 1. The molecular formula is C31H24F3N7O2. The summed E-state index contributed by atoms with van der Waals surface area (Å²) in [5, 5.41) is 9.94. The Morgan fingerprint density at radius 3 is 2.60 bits per heavy atom. The third-order valence-electron chi connectivity index (χ3n) is 6.81. The molecule has 12 heteroatoms. The van der Waals surface area contributed by atoms with Gasteiger partial charge in [0.15, 0.2) is 5.82 Å². The summed E-state index contributed by atoms with van der Waals surface area (Å²) >= 11 is 0. The van der Waals surface area contributed by atoms with Gasteiger partial charge in [-0.2, -0.15) is 18.3 Å². The maximum absolute atomic E-state index is 13.7. The van der Waals surface area contributed by atoms with Gasteiger partial charge in [0.25, 0.3) is 5.91 Å². The second-order valence-corrected chi connectivity index (χ2v) is 10.0. The lowest BCUT2D eigenvalue weighted by Gasteiger charge is -2.13. The van der Waals surface area contributed by atoms with Gasteiger partial charge in [-0.05, 0) is 48.4 Å². The molecule has 216 valence electrons. The first kappa shape index (κ1) is 27.6. The van der Waals surface area contributed by atoms with Crippen LogP contribution in [0.25, 0.3) is 5.69 Å². The lowest BCUT2D eigenvalue weighted by Crippen LogP contribution is -2.18. The highest BCUT2D eigenvalue weighted by molar-refractivity contribution is 6.17. The van der Waals surface area contributed by atoms with Crippen LogP contribution in [0, 0.1) is 6.92 Å². The highest BCUT2D eigenvalue weighted by Gasteiger charge is 2.32. The zero-order valence-electron chi connectivity index (χ0n) is 22.8. The number of rotatable bonds is 6. The first-order chi connectivity index (χ1) is 20.6. The van der Waals surface area contributed by atoms with Gasteiger partial charge < -0.3 is 15.2 Å². The van der Waals surface area contributed by atoms with Crippen molar-refractivity contribution in [1.29, 1.82) is 0 Å². The third-order valence-corrected chi connectivity index (χ3v) is 6.81. The Bertz CT molecular complexity index is 1870. The van der Waals surface area contributed by atoms with Crippen LogP contribution in [-0.4, -0.2) is 36.9 Å². The number of hydrogen-bond acceptors (Lipinski definition) is 5. The number of aromatic nitrogens is 4. The van der Waals surface area contributed by atoms with Crippen LogP contribution in [0.3, 0.4) is 0 Å². The Balaban J connectivity index is 1.27. The largest absolute Gasteiger partial charge is 0.416 e. The Labute approximate surface area is 243 Å². The average molecular weight is 584 g/mol. The van der Waals surface area contributed by atoms with Crippen molar-refractivity contribution in [2.75, 3.05) is 10.6 Å². The highest BCUT2D eigenvalue weighted by atomic mass is 19.4. The van der Waals surface area contributed by atoms with E-state index in [4.69, 9.17) is 0 Å². The highest BCUT2D eigenvalue weighted by Crippen LogP contribution is 2.33. The van der Waals surface area contributed by atoms with E-state index in [-0.39, 0.29) is 23.6 Å². The van der Waals surface area contributed by atoms with Crippen molar-refractivity contribution in [2.24, 2.45) is 4.99 Å². The van der Waals surface area contributed by atoms with Crippen molar-refractivity contribution in [2.45, 2.75) is 26.1 Å². The average Bonchev–Trinajstić information content (AvgIpc) is 3.53. The Kier molecular flexibility index (Phi) is 7.10. The molecule has 3 aromatic carbocycles. The Morgan fingerprint density at radius 1 is 1.05 bits per heavy atom. The lowest BCUT2D eigenvalue weighted by atomic mass is 10.1. The number of amides is 2. The first-order valence-corrected chi connectivity index (χ1v) is 13.2.